The van der Waals surface area contributed by atoms with Crippen LogP contribution in [0.25, 0.3) is 10.8 Å². The number of amides is 1. The molecular formula is C20H17NO3S. The van der Waals surface area contributed by atoms with E-state index in [1.807, 2.05) is 42.5 Å². The number of esters is 1. The quantitative estimate of drug-likeness (QED) is 0.718. The third-order valence-corrected chi connectivity index (χ3v) is 4.99. The van der Waals surface area contributed by atoms with Gasteiger partial charge in [-0.2, -0.15) is 0 Å². The van der Waals surface area contributed by atoms with Gasteiger partial charge < -0.3 is 10.1 Å². The highest BCUT2D eigenvalue weighted by Gasteiger charge is 2.16. The van der Waals surface area contributed by atoms with Crippen LogP contribution in [0.1, 0.15) is 20.7 Å². The molecule has 0 saturated carbocycles. The van der Waals surface area contributed by atoms with Crippen molar-refractivity contribution in [3.8, 4) is 0 Å². The summed E-state index contributed by atoms with van der Waals surface area (Å²) in [6.07, 6.45) is 0. The highest BCUT2D eigenvalue weighted by Crippen LogP contribution is 2.37. The van der Waals surface area contributed by atoms with E-state index in [0.29, 0.717) is 11.1 Å². The van der Waals surface area contributed by atoms with Gasteiger partial charge in [0.1, 0.15) is 0 Å². The maximum absolute atomic E-state index is 12.3. The number of nitrogens with one attached hydrogen (secondary N) is 1. The minimum Gasteiger partial charge on any atom is -0.465 e. The Labute approximate surface area is 150 Å². The molecule has 4 nitrogen and oxygen atoms in total. The zero-order valence-electron chi connectivity index (χ0n) is 13.9. The van der Waals surface area contributed by atoms with Gasteiger partial charge in [-0.3, -0.25) is 4.79 Å². The Kier molecular flexibility index (Phi) is 5.05. The molecule has 5 heteroatoms. The van der Waals surface area contributed by atoms with Crippen LogP contribution in [0.4, 0.5) is 0 Å². The van der Waals surface area contributed by atoms with E-state index in [-0.39, 0.29) is 11.9 Å². The molecule has 0 aliphatic rings. The molecule has 0 unspecified atom stereocenters. The van der Waals surface area contributed by atoms with E-state index in [1.54, 1.807) is 25.2 Å². The number of hydrogen-bond acceptors (Lipinski definition) is 4. The van der Waals surface area contributed by atoms with E-state index in [4.69, 9.17) is 4.74 Å². The van der Waals surface area contributed by atoms with E-state index in [1.165, 1.54) is 18.9 Å². The van der Waals surface area contributed by atoms with Crippen molar-refractivity contribution in [2.45, 2.75) is 9.79 Å². The van der Waals surface area contributed by atoms with Crippen molar-refractivity contribution in [3.05, 3.63) is 71.8 Å². The average molecular weight is 351 g/mol. The fourth-order valence-electron chi connectivity index (χ4n) is 2.67. The molecule has 0 saturated heterocycles. The smallest absolute Gasteiger partial charge is 0.339 e. The number of carbonyl (C=O) groups is 2. The number of carbonyl (C=O) groups excluding carboxylic acids is 2. The van der Waals surface area contributed by atoms with Crippen molar-refractivity contribution in [2.24, 2.45) is 0 Å². The lowest BCUT2D eigenvalue weighted by Crippen LogP contribution is -2.18. The van der Waals surface area contributed by atoms with E-state index in [0.717, 1.165) is 20.6 Å². The van der Waals surface area contributed by atoms with Crippen molar-refractivity contribution >= 4 is 34.4 Å². The van der Waals surface area contributed by atoms with Gasteiger partial charge in [0.2, 0.25) is 0 Å². The Balaban J connectivity index is 2.15. The van der Waals surface area contributed by atoms with Crippen LogP contribution < -0.4 is 5.32 Å². The second kappa shape index (κ2) is 7.40. The zero-order valence-corrected chi connectivity index (χ0v) is 14.7. The summed E-state index contributed by atoms with van der Waals surface area (Å²) in [5.41, 5.74) is 1.11. The number of fused-ring (bicyclic) bond motifs is 1. The standard InChI is InChI=1S/C20H17NO3S/c1-21-19(22)15-10-5-7-13-8-6-12-17(18(13)15)25-16-11-4-3-9-14(16)20(23)24-2/h3-12H,1-2H3,(H,21,22). The lowest BCUT2D eigenvalue weighted by molar-refractivity contribution is 0.0596. The summed E-state index contributed by atoms with van der Waals surface area (Å²) < 4.78 is 4.87. The molecule has 3 aromatic rings. The highest BCUT2D eigenvalue weighted by atomic mass is 32.2. The molecule has 0 heterocycles. The van der Waals surface area contributed by atoms with Crippen LogP contribution >= 0.6 is 11.8 Å². The normalized spacial score (nSPS) is 10.5. The van der Waals surface area contributed by atoms with Crippen molar-refractivity contribution in [1.82, 2.24) is 5.32 Å². The summed E-state index contributed by atoms with van der Waals surface area (Å²) in [6.45, 7) is 0. The number of methoxy groups -OCH3 is 1. The largest absolute Gasteiger partial charge is 0.465 e. The predicted molar refractivity (Wildman–Crippen MR) is 99.2 cm³/mol. The molecule has 1 N–H and O–H groups in total. The minimum absolute atomic E-state index is 0.139. The molecule has 0 aliphatic carbocycles. The van der Waals surface area contributed by atoms with Gasteiger partial charge in [-0.05, 0) is 29.7 Å². The van der Waals surface area contributed by atoms with Gasteiger partial charge in [0.15, 0.2) is 0 Å². The molecule has 126 valence electrons. The first-order valence-corrected chi connectivity index (χ1v) is 8.56. The average Bonchev–Trinajstić information content (AvgIpc) is 2.67. The molecule has 0 radical (unpaired) electrons. The molecule has 0 bridgehead atoms. The van der Waals surface area contributed by atoms with Gasteiger partial charge in [0.05, 0.1) is 12.7 Å². The molecule has 25 heavy (non-hydrogen) atoms. The number of benzene rings is 3. The van der Waals surface area contributed by atoms with Crippen LogP contribution in [0.15, 0.2) is 70.5 Å². The monoisotopic (exact) mass is 351 g/mol. The second-order valence-corrected chi connectivity index (χ2v) is 6.41. The van der Waals surface area contributed by atoms with Gasteiger partial charge in [-0.15, -0.1) is 0 Å². The Bertz CT molecular complexity index is 947. The molecular weight excluding hydrogens is 334 g/mol. The Hall–Kier alpha value is -2.79. The molecule has 3 aromatic carbocycles. The summed E-state index contributed by atoms with van der Waals surface area (Å²) >= 11 is 1.45. The van der Waals surface area contributed by atoms with Crippen molar-refractivity contribution in [3.63, 3.8) is 0 Å². The molecule has 1 amide bonds. The molecule has 0 spiro atoms. The first-order chi connectivity index (χ1) is 12.2. The first-order valence-electron chi connectivity index (χ1n) is 7.74. The topological polar surface area (TPSA) is 55.4 Å². The third kappa shape index (κ3) is 3.37. The SMILES string of the molecule is CNC(=O)c1cccc2cccc(Sc3ccccc3C(=O)OC)c12. The third-order valence-electron chi connectivity index (χ3n) is 3.85. The molecule has 0 aromatic heterocycles. The van der Waals surface area contributed by atoms with E-state index >= 15 is 0 Å². The lowest BCUT2D eigenvalue weighted by atomic mass is 10.0. The lowest BCUT2D eigenvalue weighted by Gasteiger charge is -2.12. The van der Waals surface area contributed by atoms with Gasteiger partial charge >= 0.3 is 5.97 Å². The predicted octanol–water partition coefficient (Wildman–Crippen LogP) is 4.14. The number of rotatable bonds is 4. The maximum Gasteiger partial charge on any atom is 0.339 e. The second-order valence-electron chi connectivity index (χ2n) is 5.33. The van der Waals surface area contributed by atoms with Crippen LogP contribution in [0.2, 0.25) is 0 Å². The first kappa shape index (κ1) is 17.0. The summed E-state index contributed by atoms with van der Waals surface area (Å²) in [5, 5.41) is 4.52. The van der Waals surface area contributed by atoms with Crippen molar-refractivity contribution in [1.29, 1.82) is 0 Å². The van der Waals surface area contributed by atoms with E-state index in [2.05, 4.69) is 5.32 Å². The number of hydrogen-bond donors (Lipinski definition) is 1. The fourth-order valence-corrected chi connectivity index (χ4v) is 3.79. The van der Waals surface area contributed by atoms with Crippen molar-refractivity contribution in [2.75, 3.05) is 14.2 Å². The van der Waals surface area contributed by atoms with Gasteiger partial charge in [-0.1, -0.05) is 48.2 Å². The van der Waals surface area contributed by atoms with Crippen LogP contribution in [0.3, 0.4) is 0 Å². The summed E-state index contributed by atoms with van der Waals surface area (Å²) in [4.78, 5) is 26.0. The number of ether oxygens (including phenoxy) is 1. The van der Waals surface area contributed by atoms with Crippen LogP contribution in [0, 0.1) is 0 Å². The summed E-state index contributed by atoms with van der Waals surface area (Å²) in [5.74, 6) is -0.519. The fraction of sp³-hybridized carbons (Fsp3) is 0.100. The Morgan fingerprint density at radius 1 is 0.880 bits per heavy atom. The molecule has 0 aliphatic heterocycles. The molecule has 3 rings (SSSR count). The van der Waals surface area contributed by atoms with E-state index in [9.17, 15) is 9.59 Å². The Morgan fingerprint density at radius 2 is 1.52 bits per heavy atom. The minimum atomic E-state index is -0.380. The van der Waals surface area contributed by atoms with E-state index < -0.39 is 0 Å². The van der Waals surface area contributed by atoms with Crippen LogP contribution in [-0.2, 0) is 4.74 Å². The molecule has 0 atom stereocenters. The maximum atomic E-state index is 12.3. The van der Waals surface area contributed by atoms with Gasteiger partial charge in [-0.25, -0.2) is 4.79 Å². The zero-order chi connectivity index (χ0) is 17.8. The molecule has 0 fully saturated rings. The van der Waals surface area contributed by atoms with Crippen LogP contribution in [0.5, 0.6) is 0 Å². The Morgan fingerprint density at radius 3 is 2.24 bits per heavy atom. The summed E-state index contributed by atoms with van der Waals surface area (Å²) in [7, 11) is 2.98. The van der Waals surface area contributed by atoms with Gasteiger partial charge in [0, 0.05) is 27.8 Å². The highest BCUT2D eigenvalue weighted by molar-refractivity contribution is 7.99. The van der Waals surface area contributed by atoms with Crippen LogP contribution in [-0.4, -0.2) is 26.0 Å². The van der Waals surface area contributed by atoms with Crippen molar-refractivity contribution < 1.29 is 14.3 Å². The van der Waals surface area contributed by atoms with Gasteiger partial charge in [0.25, 0.3) is 5.91 Å². The summed E-state index contributed by atoms with van der Waals surface area (Å²) in [6, 6.07) is 18.8.